The number of benzene rings is 1. The molecule has 2 aromatic heterocycles. The Bertz CT molecular complexity index is 865. The summed E-state index contributed by atoms with van der Waals surface area (Å²) < 4.78 is 1.89. The lowest BCUT2D eigenvalue weighted by molar-refractivity contribution is -0.385. The molecular formula is C14H11ClN4O2S. The summed E-state index contributed by atoms with van der Waals surface area (Å²) in [4.78, 5) is 19.3. The minimum absolute atomic E-state index is 0.0252. The Morgan fingerprint density at radius 1 is 1.36 bits per heavy atom. The zero-order chi connectivity index (χ0) is 15.7. The first-order valence-corrected chi connectivity index (χ1v) is 7.74. The van der Waals surface area contributed by atoms with E-state index < -0.39 is 4.92 Å². The van der Waals surface area contributed by atoms with E-state index in [1.165, 1.54) is 17.8 Å². The molecule has 3 rings (SSSR count). The van der Waals surface area contributed by atoms with Gasteiger partial charge in [0.2, 0.25) is 0 Å². The van der Waals surface area contributed by atoms with Crippen LogP contribution in [0.15, 0.2) is 41.8 Å². The maximum Gasteiger partial charge on any atom is 0.274 e. The number of aryl methyl sites for hydroxylation is 1. The predicted molar refractivity (Wildman–Crippen MR) is 86.2 cm³/mol. The highest BCUT2D eigenvalue weighted by Gasteiger charge is 2.16. The van der Waals surface area contributed by atoms with Crippen molar-refractivity contribution in [3.63, 3.8) is 0 Å². The Kier molecular flexibility index (Phi) is 4.00. The van der Waals surface area contributed by atoms with Crippen molar-refractivity contribution >= 4 is 40.1 Å². The molecule has 0 saturated heterocycles. The van der Waals surface area contributed by atoms with Crippen LogP contribution in [0.5, 0.6) is 0 Å². The lowest BCUT2D eigenvalue weighted by Gasteiger charge is -2.05. The summed E-state index contributed by atoms with van der Waals surface area (Å²) in [5.74, 6) is 0.435. The maximum absolute atomic E-state index is 11.1. The van der Waals surface area contributed by atoms with Crippen LogP contribution in [0.1, 0.15) is 5.56 Å². The summed E-state index contributed by atoms with van der Waals surface area (Å²) in [6.07, 6.45) is 3.41. The topological polar surface area (TPSA) is 73.8 Å². The number of thioether (sulfide) groups is 1. The van der Waals surface area contributed by atoms with Gasteiger partial charge in [-0.3, -0.25) is 10.1 Å². The van der Waals surface area contributed by atoms with Crippen LogP contribution < -0.4 is 0 Å². The lowest BCUT2D eigenvalue weighted by atomic mass is 10.2. The van der Waals surface area contributed by atoms with Gasteiger partial charge in [-0.15, -0.1) is 0 Å². The molecule has 0 N–H and O–H groups in total. The molecule has 0 aliphatic heterocycles. The van der Waals surface area contributed by atoms with Crippen molar-refractivity contribution in [2.45, 2.75) is 10.8 Å². The number of aromatic nitrogens is 3. The minimum Gasteiger partial charge on any atom is -0.332 e. The van der Waals surface area contributed by atoms with Crippen molar-refractivity contribution in [3.05, 3.63) is 57.5 Å². The maximum atomic E-state index is 11.1. The van der Waals surface area contributed by atoms with Crippen LogP contribution in [-0.2, 0) is 12.8 Å². The highest BCUT2D eigenvalue weighted by atomic mass is 35.5. The number of pyridine rings is 1. The first kappa shape index (κ1) is 14.8. The molecule has 0 bridgehead atoms. The van der Waals surface area contributed by atoms with Crippen molar-refractivity contribution in [1.29, 1.82) is 0 Å². The van der Waals surface area contributed by atoms with Crippen LogP contribution in [0.2, 0.25) is 5.02 Å². The van der Waals surface area contributed by atoms with E-state index in [2.05, 4.69) is 9.97 Å². The third-order valence-corrected chi connectivity index (χ3v) is 4.46. The largest absolute Gasteiger partial charge is 0.332 e. The molecular weight excluding hydrogens is 324 g/mol. The number of imidazole rings is 1. The number of rotatable bonds is 4. The molecule has 0 unspecified atom stereocenters. The first-order valence-electron chi connectivity index (χ1n) is 6.38. The van der Waals surface area contributed by atoms with Gasteiger partial charge in [0, 0.05) is 35.6 Å². The standard InChI is InChI=1S/C14H11ClN4O2S/c1-18-8-17-11-4-5-16-14(13(11)18)22-7-9-2-3-10(15)6-12(9)19(20)21/h2-6,8H,7H2,1H3. The average Bonchev–Trinajstić information content (AvgIpc) is 2.88. The molecule has 112 valence electrons. The van der Waals surface area contributed by atoms with Gasteiger partial charge in [-0.25, -0.2) is 9.97 Å². The number of fused-ring (bicyclic) bond motifs is 1. The van der Waals surface area contributed by atoms with Gasteiger partial charge in [0.05, 0.1) is 16.8 Å². The monoisotopic (exact) mass is 334 g/mol. The number of hydrogen-bond donors (Lipinski definition) is 0. The van der Waals surface area contributed by atoms with Crippen LogP contribution in [0.25, 0.3) is 11.0 Å². The Hall–Kier alpha value is -2.12. The second-order valence-corrected chi connectivity index (χ2v) is 6.06. The van der Waals surface area contributed by atoms with Gasteiger partial charge in [-0.2, -0.15) is 0 Å². The van der Waals surface area contributed by atoms with Crippen molar-refractivity contribution < 1.29 is 4.92 Å². The van der Waals surface area contributed by atoms with E-state index >= 15 is 0 Å². The predicted octanol–water partition coefficient (Wildman–Crippen LogP) is 3.82. The Labute approximate surface area is 135 Å². The van der Waals surface area contributed by atoms with Gasteiger partial charge in [0.15, 0.2) is 0 Å². The van der Waals surface area contributed by atoms with E-state index in [-0.39, 0.29) is 5.69 Å². The van der Waals surface area contributed by atoms with Crippen LogP contribution in [0.4, 0.5) is 5.69 Å². The van der Waals surface area contributed by atoms with Gasteiger partial charge in [-0.1, -0.05) is 23.4 Å². The Morgan fingerprint density at radius 3 is 2.95 bits per heavy atom. The quantitative estimate of drug-likeness (QED) is 0.412. The number of nitro groups is 1. The molecule has 0 saturated carbocycles. The summed E-state index contributed by atoms with van der Waals surface area (Å²) in [5, 5.41) is 12.3. The second-order valence-electron chi connectivity index (χ2n) is 4.66. The fraction of sp³-hybridized carbons (Fsp3) is 0.143. The van der Waals surface area contributed by atoms with Crippen LogP contribution in [-0.4, -0.2) is 19.5 Å². The van der Waals surface area contributed by atoms with E-state index in [4.69, 9.17) is 11.6 Å². The summed E-state index contributed by atoms with van der Waals surface area (Å²) in [7, 11) is 1.89. The summed E-state index contributed by atoms with van der Waals surface area (Å²) in [6.45, 7) is 0. The first-order chi connectivity index (χ1) is 10.6. The number of halogens is 1. The van der Waals surface area contributed by atoms with Crippen LogP contribution >= 0.6 is 23.4 Å². The van der Waals surface area contributed by atoms with Gasteiger partial charge in [-0.05, 0) is 18.2 Å². The van der Waals surface area contributed by atoms with Gasteiger partial charge >= 0.3 is 0 Å². The number of nitrogens with zero attached hydrogens (tertiary/aromatic N) is 4. The van der Waals surface area contributed by atoms with Gasteiger partial charge in [0.25, 0.3) is 5.69 Å². The molecule has 0 fully saturated rings. The second kappa shape index (κ2) is 5.94. The minimum atomic E-state index is -0.417. The summed E-state index contributed by atoms with van der Waals surface area (Å²) >= 11 is 7.27. The van der Waals surface area contributed by atoms with Crippen molar-refractivity contribution in [2.75, 3.05) is 0 Å². The molecule has 3 aromatic rings. The fourth-order valence-electron chi connectivity index (χ4n) is 2.15. The molecule has 1 aromatic carbocycles. The third-order valence-electron chi connectivity index (χ3n) is 3.20. The fourth-order valence-corrected chi connectivity index (χ4v) is 3.37. The van der Waals surface area contributed by atoms with Crippen molar-refractivity contribution in [3.8, 4) is 0 Å². The van der Waals surface area contributed by atoms with Crippen molar-refractivity contribution in [2.24, 2.45) is 7.05 Å². The molecule has 22 heavy (non-hydrogen) atoms. The Balaban J connectivity index is 1.92. The van der Waals surface area contributed by atoms with Crippen LogP contribution in [0.3, 0.4) is 0 Å². The molecule has 2 heterocycles. The molecule has 0 aliphatic rings. The van der Waals surface area contributed by atoms with E-state index in [9.17, 15) is 10.1 Å². The van der Waals surface area contributed by atoms with E-state index in [1.54, 1.807) is 24.7 Å². The highest BCUT2D eigenvalue weighted by Crippen LogP contribution is 2.31. The molecule has 0 atom stereocenters. The molecule has 0 spiro atoms. The van der Waals surface area contributed by atoms with Gasteiger partial charge < -0.3 is 4.57 Å². The molecule has 6 nitrogen and oxygen atoms in total. The normalized spacial score (nSPS) is 11.0. The summed E-state index contributed by atoms with van der Waals surface area (Å²) in [6, 6.07) is 6.54. The third kappa shape index (κ3) is 2.77. The molecule has 0 aliphatic carbocycles. The average molecular weight is 335 g/mol. The Morgan fingerprint density at radius 2 is 2.18 bits per heavy atom. The van der Waals surface area contributed by atoms with Gasteiger partial charge in [0.1, 0.15) is 10.5 Å². The number of nitro benzene ring substituents is 1. The van der Waals surface area contributed by atoms with E-state index in [0.29, 0.717) is 16.3 Å². The van der Waals surface area contributed by atoms with Crippen LogP contribution in [0, 0.1) is 10.1 Å². The zero-order valence-corrected chi connectivity index (χ0v) is 13.1. The SMILES string of the molecule is Cn1cnc2ccnc(SCc3ccc(Cl)cc3[N+](=O)[O-])c21. The molecule has 0 radical (unpaired) electrons. The summed E-state index contributed by atoms with van der Waals surface area (Å²) in [5.41, 5.74) is 2.41. The smallest absolute Gasteiger partial charge is 0.274 e. The number of hydrogen-bond acceptors (Lipinski definition) is 5. The lowest BCUT2D eigenvalue weighted by Crippen LogP contribution is -1.95. The van der Waals surface area contributed by atoms with E-state index in [1.807, 2.05) is 17.7 Å². The molecule has 8 heteroatoms. The molecule has 0 amide bonds. The zero-order valence-electron chi connectivity index (χ0n) is 11.6. The van der Waals surface area contributed by atoms with Crippen molar-refractivity contribution in [1.82, 2.24) is 14.5 Å². The highest BCUT2D eigenvalue weighted by molar-refractivity contribution is 7.98. The van der Waals surface area contributed by atoms with E-state index in [0.717, 1.165) is 16.1 Å².